The van der Waals surface area contributed by atoms with Gasteiger partial charge in [0, 0.05) is 32.2 Å². The highest BCUT2D eigenvalue weighted by atomic mass is 19.4. The van der Waals surface area contributed by atoms with E-state index in [1.54, 1.807) is 4.90 Å². The molecule has 0 amide bonds. The molecule has 2 unspecified atom stereocenters. The lowest BCUT2D eigenvalue weighted by Crippen LogP contribution is -2.51. The Labute approximate surface area is 119 Å². The van der Waals surface area contributed by atoms with E-state index < -0.39 is 12.2 Å². The summed E-state index contributed by atoms with van der Waals surface area (Å²) < 4.78 is 39.5. The van der Waals surface area contributed by atoms with Gasteiger partial charge >= 0.3 is 6.18 Å². The molecular formula is C14H26F3N3. The van der Waals surface area contributed by atoms with Crippen LogP contribution in [0.1, 0.15) is 26.7 Å². The van der Waals surface area contributed by atoms with Gasteiger partial charge in [-0.05, 0) is 45.7 Å². The molecule has 2 saturated heterocycles. The Balaban J connectivity index is 1.95. The van der Waals surface area contributed by atoms with Crippen molar-refractivity contribution in [2.75, 3.05) is 39.3 Å². The summed E-state index contributed by atoms with van der Waals surface area (Å²) in [5.74, 6) is 0.375. The number of halogens is 3. The number of likely N-dealkylation sites (tertiary alicyclic amines) is 1. The molecule has 118 valence electrons. The van der Waals surface area contributed by atoms with Gasteiger partial charge in [-0.15, -0.1) is 0 Å². The maximum atomic E-state index is 13.2. The number of alkyl halides is 3. The Kier molecular flexibility index (Phi) is 5.31. The van der Waals surface area contributed by atoms with E-state index in [2.05, 4.69) is 24.1 Å². The molecule has 6 heteroatoms. The van der Waals surface area contributed by atoms with Crippen molar-refractivity contribution in [2.45, 2.75) is 44.9 Å². The molecule has 2 rings (SSSR count). The van der Waals surface area contributed by atoms with Crippen LogP contribution in [-0.4, -0.2) is 67.3 Å². The predicted molar refractivity (Wildman–Crippen MR) is 73.7 cm³/mol. The summed E-state index contributed by atoms with van der Waals surface area (Å²) in [6.45, 7) is 8.10. The zero-order valence-electron chi connectivity index (χ0n) is 12.4. The lowest BCUT2D eigenvalue weighted by atomic mass is 10.1. The molecular weight excluding hydrogens is 267 g/mol. The van der Waals surface area contributed by atoms with Gasteiger partial charge in [0.1, 0.15) is 6.04 Å². The van der Waals surface area contributed by atoms with Crippen molar-refractivity contribution in [1.29, 1.82) is 0 Å². The molecule has 1 N–H and O–H groups in total. The maximum absolute atomic E-state index is 13.2. The third-order valence-electron chi connectivity index (χ3n) is 4.50. The second-order valence-corrected chi connectivity index (χ2v) is 6.35. The minimum absolute atomic E-state index is 0.0319. The summed E-state index contributed by atoms with van der Waals surface area (Å²) in [5.41, 5.74) is 0. The van der Waals surface area contributed by atoms with Crippen LogP contribution in [0.2, 0.25) is 0 Å². The highest BCUT2D eigenvalue weighted by Gasteiger charge is 2.44. The Morgan fingerprint density at radius 2 is 2.00 bits per heavy atom. The van der Waals surface area contributed by atoms with Crippen molar-refractivity contribution in [1.82, 2.24) is 15.1 Å². The van der Waals surface area contributed by atoms with Crippen LogP contribution < -0.4 is 5.32 Å². The quantitative estimate of drug-likeness (QED) is 0.858. The summed E-state index contributed by atoms with van der Waals surface area (Å²) in [5, 5.41) is 2.91. The van der Waals surface area contributed by atoms with Crippen molar-refractivity contribution in [2.24, 2.45) is 5.92 Å². The first-order valence-electron chi connectivity index (χ1n) is 7.63. The molecule has 0 spiro atoms. The predicted octanol–water partition coefficient (Wildman–Crippen LogP) is 1.94. The fourth-order valence-electron chi connectivity index (χ4n) is 3.28. The molecule has 0 aromatic rings. The Bertz CT molecular complexity index is 307. The van der Waals surface area contributed by atoms with Crippen LogP contribution in [0, 0.1) is 5.92 Å². The first kappa shape index (κ1) is 16.0. The summed E-state index contributed by atoms with van der Waals surface area (Å²) >= 11 is 0. The van der Waals surface area contributed by atoms with E-state index in [9.17, 15) is 13.2 Å². The van der Waals surface area contributed by atoms with Gasteiger partial charge in [0.05, 0.1) is 0 Å². The Morgan fingerprint density at radius 3 is 2.60 bits per heavy atom. The van der Waals surface area contributed by atoms with E-state index in [0.29, 0.717) is 31.6 Å². The SMILES string of the molecule is CC(C)N1CCC(CN2CCCNCC2C(F)(F)F)C1. The normalized spacial score (nSPS) is 30.9. The van der Waals surface area contributed by atoms with E-state index in [1.807, 2.05) is 0 Å². The van der Waals surface area contributed by atoms with Crippen molar-refractivity contribution in [3.05, 3.63) is 0 Å². The van der Waals surface area contributed by atoms with Crippen LogP contribution >= 0.6 is 0 Å². The minimum atomic E-state index is -4.13. The monoisotopic (exact) mass is 293 g/mol. The highest BCUT2D eigenvalue weighted by Crippen LogP contribution is 2.28. The van der Waals surface area contributed by atoms with Crippen LogP contribution in [-0.2, 0) is 0 Å². The third-order valence-corrected chi connectivity index (χ3v) is 4.50. The second-order valence-electron chi connectivity index (χ2n) is 6.35. The average molecular weight is 293 g/mol. The fourth-order valence-corrected chi connectivity index (χ4v) is 3.28. The molecule has 2 aliphatic heterocycles. The standard InChI is InChI=1S/C14H26F3N3/c1-11(2)19-7-4-12(9-19)10-20-6-3-5-18-8-13(20)14(15,16)17/h11-13,18H,3-10H2,1-2H3. The number of hydrogen-bond acceptors (Lipinski definition) is 3. The molecule has 2 heterocycles. The van der Waals surface area contributed by atoms with Gasteiger partial charge in [0.2, 0.25) is 0 Å². The van der Waals surface area contributed by atoms with Crippen LogP contribution in [0.15, 0.2) is 0 Å². The molecule has 0 saturated carbocycles. The zero-order valence-corrected chi connectivity index (χ0v) is 12.4. The van der Waals surface area contributed by atoms with Gasteiger partial charge in [-0.1, -0.05) is 0 Å². The minimum Gasteiger partial charge on any atom is -0.315 e. The third kappa shape index (κ3) is 4.09. The fraction of sp³-hybridized carbons (Fsp3) is 1.00. The van der Waals surface area contributed by atoms with Crippen molar-refractivity contribution >= 4 is 0 Å². The average Bonchev–Trinajstić information content (AvgIpc) is 2.66. The summed E-state index contributed by atoms with van der Waals surface area (Å²) in [4.78, 5) is 4.03. The first-order valence-corrected chi connectivity index (χ1v) is 7.63. The lowest BCUT2D eigenvalue weighted by Gasteiger charge is -2.33. The van der Waals surface area contributed by atoms with Gasteiger partial charge in [-0.2, -0.15) is 13.2 Å². The van der Waals surface area contributed by atoms with Crippen LogP contribution in [0.3, 0.4) is 0 Å². The molecule has 2 atom stereocenters. The number of hydrogen-bond donors (Lipinski definition) is 1. The highest BCUT2D eigenvalue weighted by molar-refractivity contribution is 4.87. The van der Waals surface area contributed by atoms with Crippen molar-refractivity contribution < 1.29 is 13.2 Å². The molecule has 0 aromatic carbocycles. The Hall–Kier alpha value is -0.330. The number of nitrogens with one attached hydrogen (secondary N) is 1. The smallest absolute Gasteiger partial charge is 0.315 e. The van der Waals surface area contributed by atoms with Crippen LogP contribution in [0.4, 0.5) is 13.2 Å². The van der Waals surface area contributed by atoms with Gasteiger partial charge < -0.3 is 10.2 Å². The van der Waals surface area contributed by atoms with Gasteiger partial charge in [0.15, 0.2) is 0 Å². The zero-order chi connectivity index (χ0) is 14.8. The van der Waals surface area contributed by atoms with E-state index in [0.717, 1.165) is 25.9 Å². The topological polar surface area (TPSA) is 18.5 Å². The van der Waals surface area contributed by atoms with E-state index in [-0.39, 0.29) is 6.54 Å². The number of rotatable bonds is 3. The molecule has 2 fully saturated rings. The Morgan fingerprint density at radius 1 is 1.25 bits per heavy atom. The summed E-state index contributed by atoms with van der Waals surface area (Å²) in [6, 6.07) is -0.831. The molecule has 2 aliphatic rings. The number of nitrogens with zero attached hydrogens (tertiary/aromatic N) is 2. The second kappa shape index (κ2) is 6.62. The lowest BCUT2D eigenvalue weighted by molar-refractivity contribution is -0.182. The largest absolute Gasteiger partial charge is 0.405 e. The van der Waals surface area contributed by atoms with Gasteiger partial charge in [0.25, 0.3) is 0 Å². The van der Waals surface area contributed by atoms with Crippen LogP contribution in [0.25, 0.3) is 0 Å². The van der Waals surface area contributed by atoms with Crippen molar-refractivity contribution in [3.8, 4) is 0 Å². The van der Waals surface area contributed by atoms with Crippen LogP contribution in [0.5, 0.6) is 0 Å². The summed E-state index contributed by atoms with van der Waals surface area (Å²) in [7, 11) is 0. The van der Waals surface area contributed by atoms with E-state index in [4.69, 9.17) is 0 Å². The van der Waals surface area contributed by atoms with Crippen molar-refractivity contribution in [3.63, 3.8) is 0 Å². The molecule has 0 aromatic heterocycles. The maximum Gasteiger partial charge on any atom is 0.405 e. The molecule has 3 nitrogen and oxygen atoms in total. The molecule has 0 bridgehead atoms. The summed E-state index contributed by atoms with van der Waals surface area (Å²) in [6.07, 6.45) is -2.31. The first-order chi connectivity index (χ1) is 9.38. The van der Waals surface area contributed by atoms with Gasteiger partial charge in [-0.3, -0.25) is 4.90 Å². The molecule has 20 heavy (non-hydrogen) atoms. The molecule has 0 radical (unpaired) electrons. The van der Waals surface area contributed by atoms with Gasteiger partial charge in [-0.25, -0.2) is 0 Å². The van der Waals surface area contributed by atoms with E-state index in [1.165, 1.54) is 0 Å². The molecule has 0 aliphatic carbocycles. The van der Waals surface area contributed by atoms with E-state index >= 15 is 0 Å².